The van der Waals surface area contributed by atoms with Crippen LogP contribution in [-0.2, 0) is 0 Å². The minimum Gasteiger partial charge on any atom is -0.393 e. The van der Waals surface area contributed by atoms with E-state index in [2.05, 4.69) is 6.92 Å². The van der Waals surface area contributed by atoms with Crippen molar-refractivity contribution in [3.05, 3.63) is 6.92 Å². The molecule has 1 aliphatic carbocycles. The molecule has 13 heavy (non-hydrogen) atoms. The number of rotatable bonds is 2. The fourth-order valence-electron chi connectivity index (χ4n) is 2.13. The van der Waals surface area contributed by atoms with E-state index in [0.29, 0.717) is 19.3 Å². The van der Waals surface area contributed by atoms with Gasteiger partial charge in [0, 0.05) is 6.42 Å². The molecule has 0 aromatic carbocycles. The van der Waals surface area contributed by atoms with Gasteiger partial charge in [-0.3, -0.25) is 0 Å². The molecule has 0 amide bonds. The Labute approximate surface area is 79.4 Å². The van der Waals surface area contributed by atoms with Crippen molar-refractivity contribution in [1.82, 2.24) is 0 Å². The van der Waals surface area contributed by atoms with Gasteiger partial charge in [-0.1, -0.05) is 0 Å². The van der Waals surface area contributed by atoms with E-state index in [9.17, 15) is 15.3 Å². The summed E-state index contributed by atoms with van der Waals surface area (Å²) in [6.45, 7) is 5.50. The lowest BCUT2D eigenvalue weighted by Gasteiger charge is -2.33. The summed E-state index contributed by atoms with van der Waals surface area (Å²) in [5, 5.41) is 28.3. The van der Waals surface area contributed by atoms with Crippen LogP contribution in [0.15, 0.2) is 0 Å². The third-order valence-corrected chi connectivity index (χ3v) is 2.76. The van der Waals surface area contributed by atoms with Crippen LogP contribution >= 0.6 is 0 Å². The van der Waals surface area contributed by atoms with Crippen molar-refractivity contribution in [3.8, 4) is 0 Å². The Kier molecular flexibility index (Phi) is 3.59. The molecule has 0 radical (unpaired) electrons. The number of hydrogen-bond donors (Lipinski definition) is 3. The van der Waals surface area contributed by atoms with Crippen molar-refractivity contribution in [2.75, 3.05) is 0 Å². The molecular formula is C10H19O3+. The van der Waals surface area contributed by atoms with Gasteiger partial charge in [-0.05, 0) is 25.7 Å². The summed E-state index contributed by atoms with van der Waals surface area (Å²) in [7, 11) is 0. The van der Waals surface area contributed by atoms with E-state index in [4.69, 9.17) is 0 Å². The maximum atomic E-state index is 9.72. The molecule has 0 saturated heterocycles. The van der Waals surface area contributed by atoms with Crippen LogP contribution in [0.5, 0.6) is 0 Å². The summed E-state index contributed by atoms with van der Waals surface area (Å²) >= 11 is 0. The van der Waals surface area contributed by atoms with Crippen molar-refractivity contribution < 1.29 is 15.3 Å². The van der Waals surface area contributed by atoms with Gasteiger partial charge in [0.05, 0.1) is 25.2 Å². The first kappa shape index (κ1) is 10.8. The quantitative estimate of drug-likeness (QED) is 0.546. The molecule has 1 rings (SSSR count). The molecule has 1 aliphatic rings. The van der Waals surface area contributed by atoms with Gasteiger partial charge in [0.2, 0.25) is 0 Å². The van der Waals surface area contributed by atoms with Crippen LogP contribution in [0.2, 0.25) is 0 Å². The lowest BCUT2D eigenvalue weighted by atomic mass is 9.76. The second-order valence-corrected chi connectivity index (χ2v) is 4.22. The molecule has 0 aromatic rings. The molecule has 76 valence electrons. The fourth-order valence-corrected chi connectivity index (χ4v) is 2.13. The number of aliphatic hydroxyl groups is 3. The van der Waals surface area contributed by atoms with Gasteiger partial charge >= 0.3 is 0 Å². The van der Waals surface area contributed by atoms with E-state index in [0.717, 1.165) is 0 Å². The molecule has 5 unspecified atom stereocenters. The summed E-state index contributed by atoms with van der Waals surface area (Å²) in [6, 6.07) is 0. The zero-order valence-corrected chi connectivity index (χ0v) is 8.06. The van der Waals surface area contributed by atoms with Crippen molar-refractivity contribution in [3.63, 3.8) is 0 Å². The van der Waals surface area contributed by atoms with E-state index in [1.807, 2.05) is 0 Å². The van der Waals surface area contributed by atoms with Crippen LogP contribution in [-0.4, -0.2) is 33.6 Å². The average Bonchev–Trinajstić information content (AvgIpc) is 1.98. The minimum absolute atomic E-state index is 0.00810. The predicted octanol–water partition coefficient (Wildman–Crippen LogP) is 0.339. The van der Waals surface area contributed by atoms with Crippen molar-refractivity contribution in [2.45, 2.75) is 44.5 Å². The maximum absolute atomic E-state index is 9.72. The van der Waals surface area contributed by atoms with Crippen LogP contribution in [0.3, 0.4) is 0 Å². The third kappa shape index (κ3) is 2.86. The van der Waals surface area contributed by atoms with Gasteiger partial charge in [0.25, 0.3) is 0 Å². The summed E-state index contributed by atoms with van der Waals surface area (Å²) in [6.07, 6.45) is 0.435. The van der Waals surface area contributed by atoms with E-state index >= 15 is 0 Å². The Morgan fingerprint density at radius 3 is 2.54 bits per heavy atom. The van der Waals surface area contributed by atoms with Gasteiger partial charge in [0.1, 0.15) is 5.92 Å². The summed E-state index contributed by atoms with van der Waals surface area (Å²) in [5.74, 6) is -0.112. The van der Waals surface area contributed by atoms with Crippen LogP contribution in [0.4, 0.5) is 0 Å². The van der Waals surface area contributed by atoms with E-state index in [-0.39, 0.29) is 17.9 Å². The molecule has 3 heteroatoms. The molecule has 0 bridgehead atoms. The molecule has 5 atom stereocenters. The Hall–Kier alpha value is -0.250. The Morgan fingerprint density at radius 1 is 1.38 bits per heavy atom. The highest BCUT2D eigenvalue weighted by Gasteiger charge is 2.37. The summed E-state index contributed by atoms with van der Waals surface area (Å²) in [5.41, 5.74) is 0. The Morgan fingerprint density at radius 2 is 2.00 bits per heavy atom. The van der Waals surface area contributed by atoms with Crippen LogP contribution in [0.25, 0.3) is 0 Å². The molecule has 0 spiro atoms. The first-order chi connectivity index (χ1) is 6.00. The van der Waals surface area contributed by atoms with Crippen LogP contribution in [0, 0.1) is 18.8 Å². The molecule has 3 nitrogen and oxygen atoms in total. The SMILES string of the molecule is [CH2+]C1CC(O)CC(CC(C)O)C1O. The number of aliphatic hydroxyl groups excluding tert-OH is 3. The minimum atomic E-state index is -0.474. The fraction of sp³-hybridized carbons (Fsp3) is 0.900. The van der Waals surface area contributed by atoms with E-state index < -0.39 is 12.2 Å². The zero-order valence-electron chi connectivity index (χ0n) is 8.06. The van der Waals surface area contributed by atoms with Gasteiger partial charge in [-0.15, -0.1) is 0 Å². The normalized spacial score (nSPS) is 43.1. The summed E-state index contributed by atoms with van der Waals surface area (Å²) < 4.78 is 0. The maximum Gasteiger partial charge on any atom is 0.124 e. The van der Waals surface area contributed by atoms with Crippen LogP contribution < -0.4 is 0 Å². The monoisotopic (exact) mass is 187 g/mol. The second-order valence-electron chi connectivity index (χ2n) is 4.22. The van der Waals surface area contributed by atoms with Crippen molar-refractivity contribution in [2.24, 2.45) is 11.8 Å². The lowest BCUT2D eigenvalue weighted by molar-refractivity contribution is -0.0366. The predicted molar refractivity (Wildman–Crippen MR) is 49.9 cm³/mol. The van der Waals surface area contributed by atoms with E-state index in [1.165, 1.54) is 0 Å². The highest BCUT2D eigenvalue weighted by molar-refractivity contribution is 4.87. The highest BCUT2D eigenvalue weighted by Crippen LogP contribution is 2.32. The molecule has 3 N–H and O–H groups in total. The van der Waals surface area contributed by atoms with Crippen molar-refractivity contribution >= 4 is 0 Å². The average molecular weight is 187 g/mol. The molecular weight excluding hydrogens is 168 g/mol. The van der Waals surface area contributed by atoms with Crippen molar-refractivity contribution in [1.29, 1.82) is 0 Å². The van der Waals surface area contributed by atoms with Gasteiger partial charge in [-0.2, -0.15) is 0 Å². The molecule has 1 saturated carbocycles. The lowest BCUT2D eigenvalue weighted by Crippen LogP contribution is -2.39. The van der Waals surface area contributed by atoms with E-state index in [1.54, 1.807) is 6.92 Å². The molecule has 0 aromatic heterocycles. The summed E-state index contributed by atoms with van der Waals surface area (Å²) in [4.78, 5) is 0. The van der Waals surface area contributed by atoms with Gasteiger partial charge < -0.3 is 15.3 Å². The molecule has 0 aliphatic heterocycles. The standard InChI is InChI=1S/C10H19O3/c1-6-3-9(12)5-8(10(6)13)4-7(2)11/h6-13H,1,3-5H2,2H3/q+1. The smallest absolute Gasteiger partial charge is 0.124 e. The largest absolute Gasteiger partial charge is 0.393 e. The highest BCUT2D eigenvalue weighted by atomic mass is 16.3. The van der Waals surface area contributed by atoms with Crippen LogP contribution in [0.1, 0.15) is 26.2 Å². The third-order valence-electron chi connectivity index (χ3n) is 2.76. The topological polar surface area (TPSA) is 60.7 Å². The zero-order chi connectivity index (χ0) is 10.0. The Bertz CT molecular complexity index is 156. The first-order valence-electron chi connectivity index (χ1n) is 4.88. The molecule has 1 fully saturated rings. The second kappa shape index (κ2) is 4.31. The first-order valence-corrected chi connectivity index (χ1v) is 4.88. The Balaban J connectivity index is 2.50. The molecule has 0 heterocycles. The number of hydrogen-bond acceptors (Lipinski definition) is 3. The van der Waals surface area contributed by atoms with Gasteiger partial charge in [-0.25, -0.2) is 0 Å². The van der Waals surface area contributed by atoms with Gasteiger partial charge in [0.15, 0.2) is 0 Å².